The van der Waals surface area contributed by atoms with Crippen LogP contribution in [0.25, 0.3) is 5.69 Å². The zero-order valence-corrected chi connectivity index (χ0v) is 17.0. The topological polar surface area (TPSA) is 90.3 Å². The Labute approximate surface area is 169 Å². The third kappa shape index (κ3) is 3.88. The Kier molecular flexibility index (Phi) is 4.87. The lowest BCUT2D eigenvalue weighted by Crippen LogP contribution is -2.23. The Morgan fingerprint density at radius 3 is 2.62 bits per heavy atom. The molecule has 29 heavy (non-hydrogen) atoms. The number of carbonyl (C=O) groups is 1. The van der Waals surface area contributed by atoms with E-state index in [1.807, 2.05) is 50.2 Å². The average Bonchev–Trinajstić information content (AvgIpc) is 3.15. The number of anilines is 1. The van der Waals surface area contributed by atoms with E-state index in [9.17, 15) is 13.2 Å². The molecule has 0 atom stereocenters. The standard InChI is InChI=1S/C21H21N3O4S/c1-14-7-6-10-19(15(14)2)24-21(17-12-29(26,27)13-18(17)23-24)22-20(25)11-28-16-8-4-3-5-9-16/h3-10H,11-13H2,1-2H3,(H,22,25). The number of hydrogen-bond donors (Lipinski definition) is 1. The summed E-state index contributed by atoms with van der Waals surface area (Å²) in [6, 6.07) is 14.8. The largest absolute Gasteiger partial charge is 0.484 e. The molecule has 3 aromatic rings. The van der Waals surface area contributed by atoms with Crippen molar-refractivity contribution in [2.75, 3.05) is 11.9 Å². The van der Waals surface area contributed by atoms with Gasteiger partial charge in [-0.15, -0.1) is 0 Å². The van der Waals surface area contributed by atoms with Gasteiger partial charge in [-0.3, -0.25) is 4.79 Å². The molecule has 1 aliphatic rings. The van der Waals surface area contributed by atoms with E-state index in [-0.39, 0.29) is 24.0 Å². The van der Waals surface area contributed by atoms with E-state index in [0.29, 0.717) is 22.8 Å². The predicted octanol–water partition coefficient (Wildman–Crippen LogP) is 2.94. The number of para-hydroxylation sites is 1. The van der Waals surface area contributed by atoms with Crippen molar-refractivity contribution >= 4 is 21.6 Å². The van der Waals surface area contributed by atoms with Crippen LogP contribution in [-0.4, -0.2) is 30.7 Å². The molecule has 1 N–H and O–H groups in total. The number of nitrogens with zero attached hydrogens (tertiary/aromatic N) is 2. The van der Waals surface area contributed by atoms with Gasteiger partial charge in [0.15, 0.2) is 16.4 Å². The van der Waals surface area contributed by atoms with E-state index < -0.39 is 9.84 Å². The number of hydrogen-bond acceptors (Lipinski definition) is 5. The number of rotatable bonds is 5. The number of carbonyl (C=O) groups excluding carboxylic acids is 1. The van der Waals surface area contributed by atoms with Crippen LogP contribution in [-0.2, 0) is 26.1 Å². The van der Waals surface area contributed by atoms with Crippen LogP contribution in [0.3, 0.4) is 0 Å². The highest BCUT2D eigenvalue weighted by molar-refractivity contribution is 7.90. The fourth-order valence-corrected chi connectivity index (χ4v) is 4.84. The summed E-state index contributed by atoms with van der Waals surface area (Å²) in [5.41, 5.74) is 3.91. The summed E-state index contributed by atoms with van der Waals surface area (Å²) in [5.74, 6) is 0.327. The van der Waals surface area contributed by atoms with Crippen molar-refractivity contribution in [2.45, 2.75) is 25.4 Å². The molecule has 8 heteroatoms. The molecular formula is C21H21N3O4S. The van der Waals surface area contributed by atoms with E-state index in [0.717, 1.165) is 16.8 Å². The van der Waals surface area contributed by atoms with Crippen LogP contribution in [0.5, 0.6) is 5.75 Å². The van der Waals surface area contributed by atoms with Gasteiger partial charge in [-0.05, 0) is 43.2 Å². The van der Waals surface area contributed by atoms with Crippen LogP contribution in [0.15, 0.2) is 48.5 Å². The van der Waals surface area contributed by atoms with Crippen LogP contribution < -0.4 is 10.1 Å². The highest BCUT2D eigenvalue weighted by Gasteiger charge is 2.33. The molecule has 0 unspecified atom stereocenters. The fourth-order valence-electron chi connectivity index (χ4n) is 3.34. The number of ether oxygens (including phenoxy) is 1. The summed E-state index contributed by atoms with van der Waals surface area (Å²) in [4.78, 5) is 12.6. The maximum atomic E-state index is 12.6. The van der Waals surface area contributed by atoms with Crippen LogP contribution >= 0.6 is 0 Å². The Morgan fingerprint density at radius 2 is 1.86 bits per heavy atom. The van der Waals surface area contributed by atoms with Gasteiger partial charge < -0.3 is 10.1 Å². The zero-order valence-electron chi connectivity index (χ0n) is 16.2. The third-order valence-corrected chi connectivity index (χ3v) is 6.40. The molecule has 7 nitrogen and oxygen atoms in total. The molecule has 4 rings (SSSR count). The normalized spacial score (nSPS) is 14.4. The monoisotopic (exact) mass is 411 g/mol. The molecule has 0 saturated carbocycles. The lowest BCUT2D eigenvalue weighted by molar-refractivity contribution is -0.118. The van der Waals surface area contributed by atoms with Gasteiger partial charge in [0.05, 0.1) is 22.9 Å². The summed E-state index contributed by atoms with van der Waals surface area (Å²) >= 11 is 0. The summed E-state index contributed by atoms with van der Waals surface area (Å²) in [7, 11) is -3.25. The molecular weight excluding hydrogens is 390 g/mol. The van der Waals surface area contributed by atoms with E-state index in [2.05, 4.69) is 10.4 Å². The Morgan fingerprint density at radius 1 is 1.10 bits per heavy atom. The second-order valence-electron chi connectivity index (χ2n) is 7.09. The smallest absolute Gasteiger partial charge is 0.263 e. The van der Waals surface area contributed by atoms with Crippen molar-refractivity contribution in [1.29, 1.82) is 0 Å². The van der Waals surface area contributed by atoms with Crippen LogP contribution in [0.4, 0.5) is 5.82 Å². The Balaban J connectivity index is 1.66. The fraction of sp³-hybridized carbons (Fsp3) is 0.238. The first-order valence-corrected chi connectivity index (χ1v) is 11.0. The van der Waals surface area contributed by atoms with Crippen molar-refractivity contribution in [3.05, 3.63) is 70.9 Å². The third-order valence-electron chi connectivity index (χ3n) is 4.96. The molecule has 0 aliphatic carbocycles. The minimum absolute atomic E-state index is 0.121. The molecule has 1 aliphatic heterocycles. The first kappa shape index (κ1) is 19.2. The van der Waals surface area contributed by atoms with E-state index >= 15 is 0 Å². The van der Waals surface area contributed by atoms with Gasteiger partial charge in [0.2, 0.25) is 0 Å². The molecule has 0 spiro atoms. The van der Waals surface area contributed by atoms with Gasteiger partial charge >= 0.3 is 0 Å². The number of amides is 1. The quantitative estimate of drug-likeness (QED) is 0.697. The zero-order chi connectivity index (χ0) is 20.6. The number of sulfone groups is 1. The number of benzene rings is 2. The minimum atomic E-state index is -3.25. The number of aryl methyl sites for hydroxylation is 1. The van der Waals surface area contributed by atoms with Crippen molar-refractivity contribution in [3.8, 4) is 11.4 Å². The Hall–Kier alpha value is -3.13. The van der Waals surface area contributed by atoms with Crippen LogP contribution in [0.1, 0.15) is 22.4 Å². The van der Waals surface area contributed by atoms with Crippen molar-refractivity contribution in [2.24, 2.45) is 0 Å². The first-order chi connectivity index (χ1) is 13.8. The van der Waals surface area contributed by atoms with Crippen molar-refractivity contribution in [1.82, 2.24) is 9.78 Å². The summed E-state index contributed by atoms with van der Waals surface area (Å²) in [6.07, 6.45) is 0. The number of nitrogens with one attached hydrogen (secondary N) is 1. The van der Waals surface area contributed by atoms with Crippen LogP contribution in [0, 0.1) is 13.8 Å². The van der Waals surface area contributed by atoms with Gasteiger partial charge in [-0.1, -0.05) is 30.3 Å². The molecule has 2 heterocycles. The molecule has 1 aromatic heterocycles. The molecule has 2 aromatic carbocycles. The lowest BCUT2D eigenvalue weighted by Gasteiger charge is -2.14. The molecule has 0 saturated heterocycles. The average molecular weight is 411 g/mol. The van der Waals surface area contributed by atoms with E-state index in [4.69, 9.17) is 4.74 Å². The van der Waals surface area contributed by atoms with Gasteiger partial charge in [0, 0.05) is 5.56 Å². The number of aromatic nitrogens is 2. The molecule has 0 fully saturated rings. The maximum absolute atomic E-state index is 12.6. The highest BCUT2D eigenvalue weighted by atomic mass is 32.2. The van der Waals surface area contributed by atoms with E-state index in [1.54, 1.807) is 16.8 Å². The van der Waals surface area contributed by atoms with Crippen molar-refractivity contribution < 1.29 is 17.9 Å². The number of fused-ring (bicyclic) bond motifs is 1. The SMILES string of the molecule is Cc1cccc(-n2nc3c(c2NC(=O)COc2ccccc2)CS(=O)(=O)C3)c1C. The molecule has 0 radical (unpaired) electrons. The van der Waals surface area contributed by atoms with Gasteiger partial charge in [-0.2, -0.15) is 5.10 Å². The summed E-state index contributed by atoms with van der Waals surface area (Å²) in [5, 5.41) is 7.33. The lowest BCUT2D eigenvalue weighted by atomic mass is 10.1. The molecule has 1 amide bonds. The van der Waals surface area contributed by atoms with Gasteiger partial charge in [0.1, 0.15) is 11.6 Å². The van der Waals surface area contributed by atoms with Gasteiger partial charge in [-0.25, -0.2) is 13.1 Å². The van der Waals surface area contributed by atoms with Crippen LogP contribution in [0.2, 0.25) is 0 Å². The first-order valence-electron chi connectivity index (χ1n) is 9.19. The predicted molar refractivity (Wildman–Crippen MR) is 110 cm³/mol. The highest BCUT2D eigenvalue weighted by Crippen LogP contribution is 2.34. The molecule has 150 valence electrons. The van der Waals surface area contributed by atoms with Gasteiger partial charge in [0.25, 0.3) is 5.91 Å². The van der Waals surface area contributed by atoms with E-state index in [1.165, 1.54) is 0 Å². The second kappa shape index (κ2) is 7.36. The summed E-state index contributed by atoms with van der Waals surface area (Å²) < 4.78 is 31.3. The second-order valence-corrected chi connectivity index (χ2v) is 9.15. The maximum Gasteiger partial charge on any atom is 0.263 e. The molecule has 0 bridgehead atoms. The van der Waals surface area contributed by atoms with Crippen molar-refractivity contribution in [3.63, 3.8) is 0 Å². The minimum Gasteiger partial charge on any atom is -0.484 e. The summed E-state index contributed by atoms with van der Waals surface area (Å²) in [6.45, 7) is 3.77. The Bertz CT molecular complexity index is 1180.